The van der Waals surface area contributed by atoms with Crippen LogP contribution in [0.2, 0.25) is 5.02 Å². The number of para-hydroxylation sites is 1. The van der Waals surface area contributed by atoms with Crippen LogP contribution >= 0.6 is 11.6 Å². The minimum absolute atomic E-state index is 0.0555. The number of fused-ring (bicyclic) bond motifs is 1. The van der Waals surface area contributed by atoms with Gasteiger partial charge in [-0.25, -0.2) is 0 Å². The molecular formula is C38H45ClN2O9. The highest BCUT2D eigenvalue weighted by Crippen LogP contribution is 2.45. The number of methoxy groups -OCH3 is 2. The van der Waals surface area contributed by atoms with Crippen LogP contribution in [0, 0.1) is 12.3 Å². The molecule has 1 aliphatic rings. The van der Waals surface area contributed by atoms with Crippen molar-refractivity contribution in [1.29, 1.82) is 0 Å². The molecule has 2 amide bonds. The molecule has 0 saturated carbocycles. The highest BCUT2D eigenvalue weighted by atomic mass is 35.5. The van der Waals surface area contributed by atoms with Gasteiger partial charge in [-0.1, -0.05) is 49.7 Å². The first-order chi connectivity index (χ1) is 23.8. The molecule has 50 heavy (non-hydrogen) atoms. The number of benzene rings is 3. The zero-order valence-electron chi connectivity index (χ0n) is 29.6. The van der Waals surface area contributed by atoms with Crippen molar-refractivity contribution >= 4 is 46.7 Å². The number of halogens is 1. The number of esters is 2. The van der Waals surface area contributed by atoms with E-state index >= 15 is 0 Å². The third-order valence-electron chi connectivity index (χ3n) is 8.24. The van der Waals surface area contributed by atoms with Crippen molar-refractivity contribution in [2.75, 3.05) is 44.2 Å². The Morgan fingerprint density at radius 1 is 1.00 bits per heavy atom. The SMILES string of the molecule is CCOC(=O)CCc1ccc(C)c(NC(=O)C[C@H]2O[C@H](c3cccc(OC)c3OC)c3cc(Cl)ccc3N(CC(C)(C)COC(C)=O)C2=O)c1. The van der Waals surface area contributed by atoms with Crippen molar-refractivity contribution in [3.63, 3.8) is 0 Å². The average Bonchev–Trinajstić information content (AvgIpc) is 3.17. The van der Waals surface area contributed by atoms with E-state index in [9.17, 15) is 19.2 Å². The van der Waals surface area contributed by atoms with Crippen LogP contribution in [-0.4, -0.2) is 63.8 Å². The third-order valence-corrected chi connectivity index (χ3v) is 8.48. The van der Waals surface area contributed by atoms with Gasteiger partial charge in [-0.15, -0.1) is 0 Å². The zero-order chi connectivity index (χ0) is 36.6. The van der Waals surface area contributed by atoms with Crippen molar-refractivity contribution in [3.8, 4) is 11.5 Å². The molecule has 11 nitrogen and oxygen atoms in total. The Morgan fingerprint density at radius 2 is 1.76 bits per heavy atom. The van der Waals surface area contributed by atoms with Crippen LogP contribution in [0.1, 0.15) is 68.9 Å². The van der Waals surface area contributed by atoms with Crippen molar-refractivity contribution in [2.24, 2.45) is 5.41 Å². The van der Waals surface area contributed by atoms with E-state index in [-0.39, 0.29) is 32.0 Å². The molecule has 3 aromatic rings. The molecule has 1 N–H and O–H groups in total. The van der Waals surface area contributed by atoms with Gasteiger partial charge in [-0.05, 0) is 61.7 Å². The number of hydrogen-bond acceptors (Lipinski definition) is 9. The summed E-state index contributed by atoms with van der Waals surface area (Å²) >= 11 is 6.55. The molecular weight excluding hydrogens is 664 g/mol. The maximum atomic E-state index is 14.6. The quantitative estimate of drug-likeness (QED) is 0.184. The fraction of sp³-hybridized carbons (Fsp3) is 0.421. The van der Waals surface area contributed by atoms with Gasteiger partial charge in [-0.2, -0.15) is 0 Å². The summed E-state index contributed by atoms with van der Waals surface area (Å²) in [4.78, 5) is 53.5. The highest BCUT2D eigenvalue weighted by molar-refractivity contribution is 6.30. The molecule has 268 valence electrons. The fourth-order valence-corrected chi connectivity index (χ4v) is 5.99. The summed E-state index contributed by atoms with van der Waals surface area (Å²) in [5.41, 5.74) is 3.20. The second-order valence-electron chi connectivity index (χ2n) is 12.9. The Bertz CT molecular complexity index is 1720. The largest absolute Gasteiger partial charge is 0.493 e. The van der Waals surface area contributed by atoms with Crippen LogP contribution in [0.4, 0.5) is 11.4 Å². The van der Waals surface area contributed by atoms with Gasteiger partial charge in [0.05, 0.1) is 33.9 Å². The van der Waals surface area contributed by atoms with E-state index in [1.807, 2.05) is 45.0 Å². The number of aryl methyl sites for hydroxylation is 2. The zero-order valence-corrected chi connectivity index (χ0v) is 30.3. The molecule has 0 bridgehead atoms. The average molecular weight is 709 g/mol. The summed E-state index contributed by atoms with van der Waals surface area (Å²) in [5, 5.41) is 3.36. The van der Waals surface area contributed by atoms with Crippen molar-refractivity contribution in [2.45, 2.75) is 66.1 Å². The molecule has 0 radical (unpaired) electrons. The van der Waals surface area contributed by atoms with Crippen molar-refractivity contribution in [3.05, 3.63) is 81.9 Å². The molecule has 1 heterocycles. The van der Waals surface area contributed by atoms with E-state index in [4.69, 9.17) is 35.3 Å². The molecule has 2 atom stereocenters. The Morgan fingerprint density at radius 3 is 2.44 bits per heavy atom. The molecule has 0 aromatic heterocycles. The maximum Gasteiger partial charge on any atom is 0.306 e. The number of hydrogen-bond donors (Lipinski definition) is 1. The van der Waals surface area contributed by atoms with Gasteiger partial charge in [0.2, 0.25) is 5.91 Å². The van der Waals surface area contributed by atoms with Crippen LogP contribution in [0.15, 0.2) is 54.6 Å². The van der Waals surface area contributed by atoms with Gasteiger partial charge >= 0.3 is 11.9 Å². The van der Waals surface area contributed by atoms with Crippen LogP contribution in [0.25, 0.3) is 0 Å². The van der Waals surface area contributed by atoms with Crippen LogP contribution in [0.5, 0.6) is 11.5 Å². The number of nitrogens with zero attached hydrogens (tertiary/aromatic N) is 1. The van der Waals surface area contributed by atoms with Gasteiger partial charge in [-0.3, -0.25) is 19.2 Å². The van der Waals surface area contributed by atoms with Gasteiger partial charge in [0.1, 0.15) is 12.2 Å². The Balaban J connectivity index is 1.74. The third kappa shape index (κ3) is 9.54. The summed E-state index contributed by atoms with van der Waals surface area (Å²) in [7, 11) is 3.04. The lowest BCUT2D eigenvalue weighted by Gasteiger charge is -2.33. The molecule has 0 fully saturated rings. The molecule has 0 saturated heterocycles. The molecule has 12 heteroatoms. The predicted octanol–water partition coefficient (Wildman–Crippen LogP) is 6.60. The normalized spacial score (nSPS) is 15.8. The number of carbonyl (C=O) groups excluding carboxylic acids is 4. The van der Waals surface area contributed by atoms with Gasteiger partial charge in [0.15, 0.2) is 11.5 Å². The lowest BCUT2D eigenvalue weighted by Crippen LogP contribution is -2.46. The first-order valence-corrected chi connectivity index (χ1v) is 16.8. The number of rotatable bonds is 14. The number of anilines is 2. The number of nitrogens with one attached hydrogen (secondary N) is 1. The van der Waals surface area contributed by atoms with E-state index in [0.29, 0.717) is 52.1 Å². The fourth-order valence-electron chi connectivity index (χ4n) is 5.81. The van der Waals surface area contributed by atoms with Crippen LogP contribution < -0.4 is 19.7 Å². The highest BCUT2D eigenvalue weighted by Gasteiger charge is 2.41. The van der Waals surface area contributed by atoms with E-state index in [2.05, 4.69) is 5.32 Å². The predicted molar refractivity (Wildman–Crippen MR) is 190 cm³/mol. The number of amides is 2. The first kappa shape index (κ1) is 38.2. The van der Waals surface area contributed by atoms with Crippen molar-refractivity contribution < 1.29 is 42.9 Å². The molecule has 0 spiro atoms. The van der Waals surface area contributed by atoms with Crippen LogP contribution in [0.3, 0.4) is 0 Å². The van der Waals surface area contributed by atoms with Gasteiger partial charge in [0.25, 0.3) is 5.91 Å². The second-order valence-corrected chi connectivity index (χ2v) is 13.3. The molecule has 0 unspecified atom stereocenters. The minimum atomic E-state index is -1.25. The maximum absolute atomic E-state index is 14.6. The molecule has 4 rings (SSSR count). The van der Waals surface area contributed by atoms with E-state index in [1.54, 1.807) is 42.2 Å². The Labute approximate surface area is 298 Å². The second kappa shape index (κ2) is 16.9. The minimum Gasteiger partial charge on any atom is -0.493 e. The summed E-state index contributed by atoms with van der Waals surface area (Å²) in [5.74, 6) is -0.777. The molecule has 1 aliphatic heterocycles. The Hall–Kier alpha value is -4.61. The number of carbonyl (C=O) groups is 4. The topological polar surface area (TPSA) is 130 Å². The molecule has 0 aliphatic carbocycles. The Kier molecular flexibility index (Phi) is 12.9. The first-order valence-electron chi connectivity index (χ1n) is 16.4. The standard InChI is InChI=1S/C38H45ClN2O9/c1-8-48-34(44)17-14-25-13-12-23(2)29(18-25)40-33(43)20-32-37(45)41(21-38(4,5)22-49-24(3)42)30-16-15-26(39)19-28(30)35(50-32)27-10-9-11-31(46-6)36(27)47-7/h9-13,15-16,18-19,32,35H,8,14,17,20-22H2,1-7H3,(H,40,43)/t32-,35-/m1/s1. The summed E-state index contributed by atoms with van der Waals surface area (Å²) in [6.07, 6.45) is -1.83. The molecule has 3 aromatic carbocycles. The van der Waals surface area contributed by atoms with Crippen molar-refractivity contribution in [1.82, 2.24) is 0 Å². The van der Waals surface area contributed by atoms with Gasteiger partial charge < -0.3 is 33.9 Å². The lowest BCUT2D eigenvalue weighted by atomic mass is 9.92. The summed E-state index contributed by atoms with van der Waals surface area (Å²) in [6.45, 7) is 9.21. The summed E-state index contributed by atoms with van der Waals surface area (Å²) < 4.78 is 28.4. The lowest BCUT2D eigenvalue weighted by molar-refractivity contribution is -0.144. The van der Waals surface area contributed by atoms with Gasteiger partial charge in [0, 0.05) is 52.8 Å². The monoisotopic (exact) mass is 708 g/mol. The van der Waals surface area contributed by atoms with E-state index in [1.165, 1.54) is 21.1 Å². The smallest absolute Gasteiger partial charge is 0.306 e. The van der Waals surface area contributed by atoms with E-state index < -0.39 is 35.4 Å². The summed E-state index contributed by atoms with van der Waals surface area (Å²) in [6, 6.07) is 16.1. The van der Waals surface area contributed by atoms with Crippen LogP contribution in [-0.2, 0) is 39.8 Å². The van der Waals surface area contributed by atoms with E-state index in [0.717, 1.165) is 11.1 Å². The number of ether oxygens (including phenoxy) is 5.